The molecule has 2 aliphatic carbocycles. The van der Waals surface area contributed by atoms with Crippen LogP contribution in [0.25, 0.3) is 0 Å². The van der Waals surface area contributed by atoms with Crippen LogP contribution in [0.4, 0.5) is 0 Å². The number of hydrogen-bond acceptors (Lipinski definition) is 2. The highest BCUT2D eigenvalue weighted by molar-refractivity contribution is 5.30. The molecular formula is C16H23NO. The Hall–Kier alpha value is -0.860. The third-order valence-electron chi connectivity index (χ3n) is 4.60. The molecule has 1 saturated carbocycles. The summed E-state index contributed by atoms with van der Waals surface area (Å²) in [5.41, 5.74) is 2.58. The fourth-order valence-electron chi connectivity index (χ4n) is 3.42. The largest absolute Gasteiger partial charge is 0.389 e. The standard InChI is InChI=1S/C16H23NO/c18-16(9-3-4-10-16)12-17-15-8-7-13-5-1-2-6-14(13)11-15/h1-2,5-6,15,17-18H,3-4,7-12H2. The second kappa shape index (κ2) is 5.02. The normalized spacial score (nSPS) is 25.9. The van der Waals surface area contributed by atoms with Gasteiger partial charge in [0, 0.05) is 12.6 Å². The lowest BCUT2D eigenvalue weighted by atomic mass is 9.88. The van der Waals surface area contributed by atoms with E-state index in [0.29, 0.717) is 6.04 Å². The minimum atomic E-state index is -0.420. The lowest BCUT2D eigenvalue weighted by Crippen LogP contribution is -2.44. The summed E-state index contributed by atoms with van der Waals surface area (Å²) in [4.78, 5) is 0. The van der Waals surface area contributed by atoms with Crippen LogP contribution in [0.5, 0.6) is 0 Å². The van der Waals surface area contributed by atoms with Gasteiger partial charge >= 0.3 is 0 Å². The van der Waals surface area contributed by atoms with E-state index in [1.165, 1.54) is 36.8 Å². The highest BCUT2D eigenvalue weighted by Gasteiger charge is 2.31. The summed E-state index contributed by atoms with van der Waals surface area (Å²) >= 11 is 0. The molecule has 3 rings (SSSR count). The number of benzene rings is 1. The van der Waals surface area contributed by atoms with Gasteiger partial charge in [0.2, 0.25) is 0 Å². The molecule has 0 amide bonds. The second-order valence-electron chi connectivity index (χ2n) is 6.02. The van der Waals surface area contributed by atoms with Crippen LogP contribution < -0.4 is 5.32 Å². The third-order valence-corrected chi connectivity index (χ3v) is 4.60. The van der Waals surface area contributed by atoms with E-state index in [0.717, 1.165) is 25.8 Å². The van der Waals surface area contributed by atoms with Crippen molar-refractivity contribution in [3.8, 4) is 0 Å². The molecule has 1 unspecified atom stereocenters. The first-order valence-electron chi connectivity index (χ1n) is 7.28. The van der Waals surface area contributed by atoms with E-state index < -0.39 is 5.60 Å². The van der Waals surface area contributed by atoms with E-state index in [1.807, 2.05) is 0 Å². The molecule has 0 aliphatic heterocycles. The van der Waals surface area contributed by atoms with Gasteiger partial charge in [-0.15, -0.1) is 0 Å². The number of fused-ring (bicyclic) bond motifs is 1. The average Bonchev–Trinajstić information content (AvgIpc) is 2.84. The summed E-state index contributed by atoms with van der Waals surface area (Å²) in [6.45, 7) is 0.778. The van der Waals surface area contributed by atoms with Crippen molar-refractivity contribution in [2.75, 3.05) is 6.54 Å². The average molecular weight is 245 g/mol. The van der Waals surface area contributed by atoms with Crippen LogP contribution in [0.1, 0.15) is 43.2 Å². The quantitative estimate of drug-likeness (QED) is 0.857. The Labute approximate surface area is 109 Å². The highest BCUT2D eigenvalue weighted by atomic mass is 16.3. The molecule has 0 radical (unpaired) electrons. The molecule has 98 valence electrons. The maximum absolute atomic E-state index is 10.4. The SMILES string of the molecule is OC1(CNC2CCc3ccccc3C2)CCCC1. The zero-order valence-corrected chi connectivity index (χ0v) is 11.0. The lowest BCUT2D eigenvalue weighted by Gasteiger charge is -2.30. The first-order chi connectivity index (χ1) is 8.75. The first kappa shape index (κ1) is 12.2. The van der Waals surface area contributed by atoms with Gasteiger partial charge in [0.1, 0.15) is 0 Å². The Kier molecular flexibility index (Phi) is 3.40. The molecule has 1 atom stereocenters. The Balaban J connectivity index is 1.56. The molecule has 0 heterocycles. The van der Waals surface area contributed by atoms with Crippen LogP contribution in [0, 0.1) is 0 Å². The van der Waals surface area contributed by atoms with Crippen molar-refractivity contribution in [2.24, 2.45) is 0 Å². The molecular weight excluding hydrogens is 222 g/mol. The van der Waals surface area contributed by atoms with Gasteiger partial charge in [-0.3, -0.25) is 0 Å². The fraction of sp³-hybridized carbons (Fsp3) is 0.625. The summed E-state index contributed by atoms with van der Waals surface area (Å²) in [5, 5.41) is 13.9. The van der Waals surface area contributed by atoms with Gasteiger partial charge in [0.05, 0.1) is 5.60 Å². The van der Waals surface area contributed by atoms with Crippen molar-refractivity contribution < 1.29 is 5.11 Å². The van der Waals surface area contributed by atoms with Crippen molar-refractivity contribution in [1.29, 1.82) is 0 Å². The molecule has 2 N–H and O–H groups in total. The smallest absolute Gasteiger partial charge is 0.0771 e. The number of aryl methyl sites for hydroxylation is 1. The molecule has 2 nitrogen and oxygen atoms in total. The van der Waals surface area contributed by atoms with E-state index >= 15 is 0 Å². The van der Waals surface area contributed by atoms with Crippen molar-refractivity contribution >= 4 is 0 Å². The molecule has 18 heavy (non-hydrogen) atoms. The van der Waals surface area contributed by atoms with E-state index in [4.69, 9.17) is 0 Å². The Bertz CT molecular complexity index is 409. The van der Waals surface area contributed by atoms with E-state index in [2.05, 4.69) is 29.6 Å². The maximum atomic E-state index is 10.4. The van der Waals surface area contributed by atoms with Crippen LogP contribution >= 0.6 is 0 Å². The summed E-state index contributed by atoms with van der Waals surface area (Å²) in [7, 11) is 0. The van der Waals surface area contributed by atoms with Gasteiger partial charge in [0.25, 0.3) is 0 Å². The molecule has 2 aliphatic rings. The summed E-state index contributed by atoms with van der Waals surface area (Å²) in [6, 6.07) is 9.30. The van der Waals surface area contributed by atoms with Gasteiger partial charge in [-0.25, -0.2) is 0 Å². The monoisotopic (exact) mass is 245 g/mol. The van der Waals surface area contributed by atoms with Gasteiger partial charge in [-0.05, 0) is 43.2 Å². The number of hydrogen-bond donors (Lipinski definition) is 2. The number of nitrogens with one attached hydrogen (secondary N) is 1. The summed E-state index contributed by atoms with van der Waals surface area (Å²) < 4.78 is 0. The minimum absolute atomic E-state index is 0.420. The topological polar surface area (TPSA) is 32.3 Å². The van der Waals surface area contributed by atoms with Crippen LogP contribution in [0.2, 0.25) is 0 Å². The lowest BCUT2D eigenvalue weighted by molar-refractivity contribution is 0.0443. The first-order valence-corrected chi connectivity index (χ1v) is 7.28. The summed E-state index contributed by atoms with van der Waals surface area (Å²) in [6.07, 6.45) is 7.82. The highest BCUT2D eigenvalue weighted by Crippen LogP contribution is 2.29. The molecule has 1 aromatic rings. The van der Waals surface area contributed by atoms with Crippen LogP contribution in [-0.2, 0) is 12.8 Å². The second-order valence-corrected chi connectivity index (χ2v) is 6.02. The predicted molar refractivity (Wildman–Crippen MR) is 73.7 cm³/mol. The van der Waals surface area contributed by atoms with Crippen molar-refractivity contribution in [3.63, 3.8) is 0 Å². The van der Waals surface area contributed by atoms with Gasteiger partial charge in [0.15, 0.2) is 0 Å². The van der Waals surface area contributed by atoms with E-state index in [-0.39, 0.29) is 0 Å². The van der Waals surface area contributed by atoms with Crippen molar-refractivity contribution in [1.82, 2.24) is 5.32 Å². The zero-order chi connectivity index (χ0) is 12.4. The number of rotatable bonds is 3. The van der Waals surface area contributed by atoms with E-state index in [9.17, 15) is 5.11 Å². The van der Waals surface area contributed by atoms with Crippen LogP contribution in [-0.4, -0.2) is 23.3 Å². The molecule has 0 saturated heterocycles. The van der Waals surface area contributed by atoms with E-state index in [1.54, 1.807) is 0 Å². The summed E-state index contributed by atoms with van der Waals surface area (Å²) in [5.74, 6) is 0. The van der Waals surface area contributed by atoms with Crippen molar-refractivity contribution in [2.45, 2.75) is 56.6 Å². The molecule has 1 aromatic carbocycles. The van der Waals surface area contributed by atoms with Crippen LogP contribution in [0.3, 0.4) is 0 Å². The van der Waals surface area contributed by atoms with Crippen LogP contribution in [0.15, 0.2) is 24.3 Å². The Morgan fingerprint density at radius 1 is 1.17 bits per heavy atom. The van der Waals surface area contributed by atoms with Gasteiger partial charge < -0.3 is 10.4 Å². The predicted octanol–water partition coefficient (Wildman–Crippen LogP) is 2.44. The third kappa shape index (κ3) is 2.60. The van der Waals surface area contributed by atoms with Crippen molar-refractivity contribution in [3.05, 3.63) is 35.4 Å². The molecule has 0 bridgehead atoms. The van der Waals surface area contributed by atoms with Gasteiger partial charge in [-0.2, -0.15) is 0 Å². The fourth-order valence-corrected chi connectivity index (χ4v) is 3.42. The number of aliphatic hydroxyl groups is 1. The zero-order valence-electron chi connectivity index (χ0n) is 11.0. The molecule has 2 heteroatoms. The minimum Gasteiger partial charge on any atom is -0.389 e. The molecule has 0 aromatic heterocycles. The maximum Gasteiger partial charge on any atom is 0.0771 e. The Morgan fingerprint density at radius 3 is 2.67 bits per heavy atom. The Morgan fingerprint density at radius 2 is 1.89 bits per heavy atom. The molecule has 1 fully saturated rings. The van der Waals surface area contributed by atoms with Gasteiger partial charge in [-0.1, -0.05) is 37.1 Å². The molecule has 0 spiro atoms.